The van der Waals surface area contributed by atoms with Crippen LogP contribution in [-0.4, -0.2) is 0 Å². The maximum atomic E-state index is 3.84. The number of allylic oxidation sites excluding steroid dienone is 7. The Hall–Kier alpha value is -1.04. The molecular weight excluding hydrogens is 360 g/mol. The van der Waals surface area contributed by atoms with Crippen LogP contribution in [0.1, 0.15) is 119 Å². The molecule has 0 aliphatic heterocycles. The van der Waals surface area contributed by atoms with Crippen molar-refractivity contribution in [3.05, 3.63) is 48.6 Å². The van der Waals surface area contributed by atoms with E-state index < -0.39 is 0 Å². The van der Waals surface area contributed by atoms with Crippen molar-refractivity contribution in [2.45, 2.75) is 119 Å². The normalized spacial score (nSPS) is 30.6. The van der Waals surface area contributed by atoms with Crippen molar-refractivity contribution in [1.82, 2.24) is 0 Å². The highest BCUT2D eigenvalue weighted by molar-refractivity contribution is 5.32. The van der Waals surface area contributed by atoms with Gasteiger partial charge < -0.3 is 0 Å². The van der Waals surface area contributed by atoms with Crippen LogP contribution in [0.15, 0.2) is 48.6 Å². The first-order valence-corrected chi connectivity index (χ1v) is 13.3. The Morgan fingerprint density at radius 3 is 2.37 bits per heavy atom. The van der Waals surface area contributed by atoms with Crippen LogP contribution in [0.5, 0.6) is 0 Å². The minimum absolute atomic E-state index is 0.495. The van der Waals surface area contributed by atoms with Gasteiger partial charge in [-0.1, -0.05) is 116 Å². The highest BCUT2D eigenvalue weighted by Crippen LogP contribution is 2.62. The smallest absolute Gasteiger partial charge is 0.00143 e. The molecule has 174 valence electrons. The van der Waals surface area contributed by atoms with Gasteiger partial charge in [0, 0.05) is 0 Å². The lowest BCUT2D eigenvalue weighted by molar-refractivity contribution is -0.00952. The van der Waals surface area contributed by atoms with Crippen molar-refractivity contribution >= 4 is 0 Å². The summed E-state index contributed by atoms with van der Waals surface area (Å²) in [6.45, 7) is 18.7. The molecule has 0 aromatic carbocycles. The van der Waals surface area contributed by atoms with E-state index in [0.717, 1.165) is 17.8 Å². The first-order chi connectivity index (χ1) is 14.7. The monoisotopic (exact) mass is 414 g/mol. The fraction of sp³-hybridized carbons (Fsp3) is 0.733. The zero-order valence-corrected chi connectivity index (χ0v) is 21.7. The minimum atomic E-state index is 0.495. The zero-order chi connectivity index (χ0) is 22.8. The highest BCUT2D eigenvalue weighted by atomic mass is 14.6. The molecule has 0 amide bonds. The van der Waals surface area contributed by atoms with Gasteiger partial charge in [0.2, 0.25) is 0 Å². The Kier molecular flexibility index (Phi) is 17.0. The Balaban J connectivity index is 0.000000924. The highest BCUT2D eigenvalue weighted by Gasteiger charge is 2.53. The Bertz CT molecular complexity index is 504. The lowest BCUT2D eigenvalue weighted by Crippen LogP contribution is -2.49. The molecule has 1 fully saturated rings. The van der Waals surface area contributed by atoms with Crippen molar-refractivity contribution in [2.24, 2.45) is 23.2 Å². The van der Waals surface area contributed by atoms with Crippen molar-refractivity contribution in [2.75, 3.05) is 0 Å². The fourth-order valence-electron chi connectivity index (χ4n) is 5.17. The van der Waals surface area contributed by atoms with Crippen LogP contribution in [0, 0.1) is 23.2 Å². The molecule has 30 heavy (non-hydrogen) atoms. The van der Waals surface area contributed by atoms with Gasteiger partial charge >= 0.3 is 0 Å². The van der Waals surface area contributed by atoms with Gasteiger partial charge in [-0.25, -0.2) is 0 Å². The number of hydrogen-bond acceptors (Lipinski definition) is 0. The van der Waals surface area contributed by atoms with E-state index in [1.807, 2.05) is 27.7 Å². The van der Waals surface area contributed by atoms with Crippen molar-refractivity contribution < 1.29 is 0 Å². The van der Waals surface area contributed by atoms with E-state index in [1.165, 1.54) is 70.6 Å². The Labute approximate surface area is 191 Å². The largest absolute Gasteiger partial charge is 0.103 e. The molecule has 0 radical (unpaired) electrons. The molecule has 0 saturated heterocycles. The van der Waals surface area contributed by atoms with Crippen LogP contribution < -0.4 is 0 Å². The summed E-state index contributed by atoms with van der Waals surface area (Å²) in [4.78, 5) is 0. The van der Waals surface area contributed by atoms with E-state index in [2.05, 4.69) is 63.8 Å². The zero-order valence-electron chi connectivity index (χ0n) is 21.7. The van der Waals surface area contributed by atoms with Crippen molar-refractivity contribution in [1.29, 1.82) is 0 Å². The Morgan fingerprint density at radius 2 is 1.77 bits per heavy atom. The summed E-state index contributed by atoms with van der Waals surface area (Å²) in [5.74, 6) is 2.53. The van der Waals surface area contributed by atoms with Gasteiger partial charge in [-0.2, -0.15) is 0 Å². The van der Waals surface area contributed by atoms with E-state index in [-0.39, 0.29) is 0 Å². The van der Waals surface area contributed by atoms with Gasteiger partial charge in [-0.15, -0.1) is 6.58 Å². The average molecular weight is 415 g/mol. The van der Waals surface area contributed by atoms with Crippen molar-refractivity contribution in [3.63, 3.8) is 0 Å². The molecule has 4 atom stereocenters. The first-order valence-electron chi connectivity index (χ1n) is 13.3. The number of hydrogen-bond donors (Lipinski definition) is 0. The summed E-state index contributed by atoms with van der Waals surface area (Å²) in [5.41, 5.74) is 2.30. The molecule has 0 aromatic heterocycles. The van der Waals surface area contributed by atoms with E-state index >= 15 is 0 Å². The second kappa shape index (κ2) is 17.6. The SMILES string of the molecule is C=CCCCCC1CC2(C/C=C\C=C/C3CCCC=C32)C1C.CC.CC.CCCC. The number of fused-ring (bicyclic) bond motifs is 2. The number of unbranched alkanes of at least 4 members (excludes halogenated alkanes) is 3. The van der Waals surface area contributed by atoms with E-state index in [9.17, 15) is 0 Å². The third-order valence-electron chi connectivity index (χ3n) is 7.07. The Morgan fingerprint density at radius 1 is 1.07 bits per heavy atom. The molecule has 0 heterocycles. The topological polar surface area (TPSA) is 0 Å². The number of rotatable bonds is 6. The molecule has 0 nitrogen and oxygen atoms in total. The molecular formula is C30H54. The molecule has 1 spiro atoms. The van der Waals surface area contributed by atoms with Crippen molar-refractivity contribution in [3.8, 4) is 0 Å². The van der Waals surface area contributed by atoms with Gasteiger partial charge in [-0.05, 0) is 68.1 Å². The van der Waals surface area contributed by atoms with Gasteiger partial charge in [0.05, 0.1) is 0 Å². The molecule has 3 aliphatic carbocycles. The van der Waals surface area contributed by atoms with Gasteiger partial charge in [0.25, 0.3) is 0 Å². The van der Waals surface area contributed by atoms with Crippen LogP contribution in [0.2, 0.25) is 0 Å². The molecule has 3 aliphatic rings. The lowest BCUT2D eigenvalue weighted by atomic mass is 9.46. The second-order valence-corrected chi connectivity index (χ2v) is 8.70. The average Bonchev–Trinajstić information content (AvgIpc) is 2.80. The molecule has 4 unspecified atom stereocenters. The molecule has 0 aromatic rings. The third-order valence-corrected chi connectivity index (χ3v) is 7.07. The van der Waals surface area contributed by atoms with Gasteiger partial charge in [-0.3, -0.25) is 0 Å². The third kappa shape index (κ3) is 8.24. The molecule has 0 N–H and O–H groups in total. The van der Waals surface area contributed by atoms with Gasteiger partial charge in [0.1, 0.15) is 0 Å². The maximum absolute atomic E-state index is 3.84. The molecule has 0 heteroatoms. The van der Waals surface area contributed by atoms with Crippen LogP contribution in [0.4, 0.5) is 0 Å². The molecule has 0 bridgehead atoms. The summed E-state index contributed by atoms with van der Waals surface area (Å²) in [6.07, 6.45) is 28.9. The minimum Gasteiger partial charge on any atom is -0.103 e. The fourth-order valence-corrected chi connectivity index (χ4v) is 5.17. The quantitative estimate of drug-likeness (QED) is 0.299. The van der Waals surface area contributed by atoms with E-state index in [4.69, 9.17) is 0 Å². The maximum Gasteiger partial charge on any atom is -0.00143 e. The van der Waals surface area contributed by atoms with Crippen LogP contribution >= 0.6 is 0 Å². The van der Waals surface area contributed by atoms with E-state index in [1.54, 1.807) is 5.57 Å². The first kappa shape index (κ1) is 29.0. The summed E-state index contributed by atoms with van der Waals surface area (Å²) in [6, 6.07) is 0. The summed E-state index contributed by atoms with van der Waals surface area (Å²) >= 11 is 0. The molecule has 1 saturated carbocycles. The summed E-state index contributed by atoms with van der Waals surface area (Å²) in [5, 5.41) is 0. The van der Waals surface area contributed by atoms with Crippen LogP contribution in [0.25, 0.3) is 0 Å². The second-order valence-electron chi connectivity index (χ2n) is 8.70. The predicted octanol–water partition coefficient (Wildman–Crippen LogP) is 10.5. The molecule has 3 rings (SSSR count). The van der Waals surface area contributed by atoms with E-state index in [0.29, 0.717) is 5.41 Å². The standard InChI is InChI=1S/C22H32.C4H10.2C2H6/c1-3-4-5-7-14-20-17-22(18(20)2)16-11-6-8-12-19-13-9-10-15-21(19)22;1-3-4-2;2*1-2/h3,6,8,11-12,15,18-20H,1,4-5,7,9-10,13-14,16-17H2,2H3;3-4H2,1-2H3;2*1-2H3/b11-6-,12-8-;;;. The van der Waals surface area contributed by atoms with Gasteiger partial charge in [0.15, 0.2) is 0 Å². The summed E-state index contributed by atoms with van der Waals surface area (Å²) in [7, 11) is 0. The van der Waals surface area contributed by atoms with Crippen LogP contribution in [0.3, 0.4) is 0 Å². The van der Waals surface area contributed by atoms with Crippen LogP contribution in [-0.2, 0) is 0 Å². The predicted molar refractivity (Wildman–Crippen MR) is 140 cm³/mol. The lowest BCUT2D eigenvalue weighted by Gasteiger charge is -2.58. The summed E-state index contributed by atoms with van der Waals surface area (Å²) < 4.78 is 0.